The van der Waals surface area contributed by atoms with Crippen LogP contribution < -0.4 is 5.73 Å². The van der Waals surface area contributed by atoms with Crippen LogP contribution in [0.4, 0.5) is 5.82 Å². The zero-order valence-electron chi connectivity index (χ0n) is 19.1. The minimum Gasteiger partial charge on any atom is -0.382 e. The van der Waals surface area contributed by atoms with Crippen LogP contribution in [0.25, 0.3) is 33.4 Å². The normalized spacial score (nSPS) is 17.3. The summed E-state index contributed by atoms with van der Waals surface area (Å²) >= 11 is 6.52. The number of anilines is 1. The highest BCUT2D eigenvalue weighted by Crippen LogP contribution is 2.35. The lowest BCUT2D eigenvalue weighted by atomic mass is 10.0. The predicted octanol–water partition coefficient (Wildman–Crippen LogP) is 3.74. The van der Waals surface area contributed by atoms with Crippen LogP contribution >= 0.6 is 11.6 Å². The number of carbonyl (C=O) groups is 1. The van der Waals surface area contributed by atoms with Gasteiger partial charge in [0, 0.05) is 42.2 Å². The largest absolute Gasteiger partial charge is 0.382 e. The number of ketones is 1. The van der Waals surface area contributed by atoms with Crippen molar-refractivity contribution in [3.8, 4) is 22.5 Å². The number of Topliss-reactive ketones (excluding diaryl/α,β-unsaturated/α-hetero) is 1. The number of hydrogen-bond acceptors (Lipinski definition) is 7. The summed E-state index contributed by atoms with van der Waals surface area (Å²) in [4.78, 5) is 27.2. The molecule has 3 N–H and O–H groups in total. The van der Waals surface area contributed by atoms with E-state index in [-0.39, 0.29) is 23.8 Å². The highest BCUT2D eigenvalue weighted by atomic mass is 35.5. The molecular formula is C25H26ClN7O. The van der Waals surface area contributed by atoms with Crippen LogP contribution in [0.15, 0.2) is 48.7 Å². The number of carbonyl (C=O) groups excluding carboxylic acids is 1. The molecule has 8 nitrogen and oxygen atoms in total. The molecule has 1 aliphatic rings. The van der Waals surface area contributed by atoms with E-state index in [1.807, 2.05) is 42.5 Å². The topological polar surface area (TPSA) is 104 Å². The summed E-state index contributed by atoms with van der Waals surface area (Å²) in [6.45, 7) is 4.96. The number of nitrogens with two attached hydrogens (primary N) is 1. The van der Waals surface area contributed by atoms with Crippen LogP contribution in [0.3, 0.4) is 0 Å². The van der Waals surface area contributed by atoms with Gasteiger partial charge in [0.15, 0.2) is 17.3 Å². The number of fused-ring (bicyclic) bond motifs is 1. The van der Waals surface area contributed by atoms with Crippen molar-refractivity contribution in [1.82, 2.24) is 30.0 Å². The van der Waals surface area contributed by atoms with E-state index in [4.69, 9.17) is 22.3 Å². The predicted molar refractivity (Wildman–Crippen MR) is 135 cm³/mol. The second-order valence-electron chi connectivity index (χ2n) is 8.80. The number of hydrogen-bond donors (Lipinski definition) is 2. The van der Waals surface area contributed by atoms with Gasteiger partial charge in [-0.15, -0.1) is 0 Å². The molecule has 174 valence electrons. The third kappa shape index (κ3) is 4.27. The van der Waals surface area contributed by atoms with Crippen molar-refractivity contribution >= 4 is 34.1 Å². The van der Waals surface area contributed by atoms with E-state index in [2.05, 4.69) is 39.0 Å². The van der Waals surface area contributed by atoms with Crippen molar-refractivity contribution in [2.45, 2.75) is 13.0 Å². The maximum absolute atomic E-state index is 13.3. The van der Waals surface area contributed by atoms with Crippen molar-refractivity contribution in [1.29, 1.82) is 0 Å². The molecule has 4 aromatic rings. The molecule has 0 saturated carbocycles. The quantitative estimate of drug-likeness (QED) is 0.423. The number of nitrogen functional groups attached to an aromatic ring is 1. The van der Waals surface area contributed by atoms with Gasteiger partial charge in [-0.3, -0.25) is 14.8 Å². The summed E-state index contributed by atoms with van der Waals surface area (Å²) in [6, 6.07) is 13.8. The van der Waals surface area contributed by atoms with Gasteiger partial charge >= 0.3 is 0 Å². The molecule has 1 fully saturated rings. The fourth-order valence-corrected chi connectivity index (χ4v) is 4.62. The summed E-state index contributed by atoms with van der Waals surface area (Å²) < 4.78 is 0. The third-order valence-corrected chi connectivity index (χ3v) is 6.72. The SMILES string of the molecule is CC1CN(CC(=O)c2nc(-c3cc(Cl)c4[nH]ncc4c3)c(-c3ccccc3)nc2N)CCN1C. The maximum atomic E-state index is 13.3. The molecule has 5 rings (SSSR count). The Bertz CT molecular complexity index is 1350. The van der Waals surface area contributed by atoms with Gasteiger partial charge in [-0.05, 0) is 26.1 Å². The molecule has 0 bridgehead atoms. The minimum absolute atomic E-state index is 0.130. The van der Waals surface area contributed by atoms with Crippen molar-refractivity contribution < 1.29 is 4.79 Å². The van der Waals surface area contributed by atoms with E-state index in [1.165, 1.54) is 0 Å². The number of piperazine rings is 1. The molecule has 2 aromatic heterocycles. The molecule has 0 spiro atoms. The summed E-state index contributed by atoms with van der Waals surface area (Å²) in [5, 5.41) is 8.35. The first-order valence-corrected chi connectivity index (χ1v) is 11.6. The van der Waals surface area contributed by atoms with E-state index in [0.717, 1.165) is 41.7 Å². The number of rotatable bonds is 5. The number of nitrogens with zero attached hydrogens (tertiary/aromatic N) is 5. The van der Waals surface area contributed by atoms with Crippen molar-refractivity contribution in [3.63, 3.8) is 0 Å². The first-order chi connectivity index (χ1) is 16.4. The number of likely N-dealkylation sites (N-methyl/N-ethyl adjacent to an activating group) is 1. The monoisotopic (exact) mass is 475 g/mol. The molecule has 3 heterocycles. The molecule has 1 saturated heterocycles. The number of halogens is 1. The Morgan fingerprint density at radius 2 is 1.91 bits per heavy atom. The first-order valence-electron chi connectivity index (χ1n) is 11.2. The van der Waals surface area contributed by atoms with Crippen LogP contribution in [0.2, 0.25) is 5.02 Å². The van der Waals surface area contributed by atoms with E-state index in [0.29, 0.717) is 22.5 Å². The van der Waals surface area contributed by atoms with Crippen molar-refractivity contribution in [3.05, 3.63) is 59.4 Å². The summed E-state index contributed by atoms with van der Waals surface area (Å²) in [7, 11) is 2.10. The van der Waals surface area contributed by atoms with Crippen LogP contribution in [0.5, 0.6) is 0 Å². The molecule has 1 aliphatic heterocycles. The fraction of sp³-hybridized carbons (Fsp3) is 0.280. The van der Waals surface area contributed by atoms with Gasteiger partial charge in [0.1, 0.15) is 0 Å². The maximum Gasteiger partial charge on any atom is 0.198 e. The molecule has 0 amide bonds. The van der Waals surface area contributed by atoms with E-state index in [1.54, 1.807) is 6.20 Å². The Balaban J connectivity index is 1.58. The van der Waals surface area contributed by atoms with Gasteiger partial charge in [0.2, 0.25) is 0 Å². The van der Waals surface area contributed by atoms with Crippen molar-refractivity contribution in [2.24, 2.45) is 0 Å². The molecule has 34 heavy (non-hydrogen) atoms. The Kier molecular flexibility index (Phi) is 6.03. The number of nitrogens with one attached hydrogen (secondary N) is 1. The number of H-pyrrole nitrogens is 1. The smallest absolute Gasteiger partial charge is 0.198 e. The number of benzene rings is 2. The lowest BCUT2D eigenvalue weighted by Gasteiger charge is -2.37. The Hall–Kier alpha value is -3.33. The average Bonchev–Trinajstić information content (AvgIpc) is 3.31. The Morgan fingerprint density at radius 3 is 2.68 bits per heavy atom. The second kappa shape index (κ2) is 9.13. The lowest BCUT2D eigenvalue weighted by Crippen LogP contribution is -2.51. The van der Waals surface area contributed by atoms with Crippen LogP contribution in [-0.4, -0.2) is 75.0 Å². The molecule has 1 unspecified atom stereocenters. The zero-order chi connectivity index (χ0) is 23.8. The Labute approximate surface area is 202 Å². The second-order valence-corrected chi connectivity index (χ2v) is 9.21. The summed E-state index contributed by atoms with van der Waals surface area (Å²) in [6.07, 6.45) is 1.71. The zero-order valence-corrected chi connectivity index (χ0v) is 19.9. The van der Waals surface area contributed by atoms with Gasteiger partial charge < -0.3 is 10.6 Å². The number of aromatic nitrogens is 4. The van der Waals surface area contributed by atoms with Crippen LogP contribution in [0, 0.1) is 0 Å². The first kappa shape index (κ1) is 22.5. The van der Waals surface area contributed by atoms with Crippen molar-refractivity contribution in [2.75, 3.05) is 39.0 Å². The summed E-state index contributed by atoms with van der Waals surface area (Å²) in [5.41, 5.74) is 9.99. The van der Waals surface area contributed by atoms with Gasteiger partial charge in [-0.1, -0.05) is 41.9 Å². The molecule has 0 radical (unpaired) electrons. The number of aromatic amines is 1. The standard InChI is InChI=1S/C25H26ClN7O/c1-15-13-33(9-8-32(15)2)14-20(34)24-25(27)30-22(16-6-4-3-5-7-16)23(29-24)17-10-18-12-28-31-21(18)19(26)11-17/h3-7,10-12,15H,8-9,13-14H2,1-2H3,(H2,27,30)(H,28,31). The highest BCUT2D eigenvalue weighted by molar-refractivity contribution is 6.35. The average molecular weight is 476 g/mol. The van der Waals surface area contributed by atoms with E-state index in [9.17, 15) is 4.79 Å². The molecule has 9 heteroatoms. The van der Waals surface area contributed by atoms with Crippen LogP contribution in [0.1, 0.15) is 17.4 Å². The molecule has 1 atom stereocenters. The van der Waals surface area contributed by atoms with Gasteiger partial charge in [0.25, 0.3) is 0 Å². The Morgan fingerprint density at radius 1 is 1.15 bits per heavy atom. The molecule has 0 aliphatic carbocycles. The van der Waals surface area contributed by atoms with E-state index >= 15 is 0 Å². The van der Waals surface area contributed by atoms with Gasteiger partial charge in [-0.2, -0.15) is 5.10 Å². The van der Waals surface area contributed by atoms with Gasteiger partial charge in [0.05, 0.1) is 34.7 Å². The highest BCUT2D eigenvalue weighted by Gasteiger charge is 2.26. The minimum atomic E-state index is -0.141. The van der Waals surface area contributed by atoms with Crippen LogP contribution in [-0.2, 0) is 0 Å². The third-order valence-electron chi connectivity index (χ3n) is 6.42. The van der Waals surface area contributed by atoms with Gasteiger partial charge in [-0.25, -0.2) is 9.97 Å². The summed E-state index contributed by atoms with van der Waals surface area (Å²) in [5.74, 6) is -0.0108. The fourth-order valence-electron chi connectivity index (χ4n) is 4.35. The molecular weight excluding hydrogens is 450 g/mol. The van der Waals surface area contributed by atoms with E-state index < -0.39 is 0 Å². The lowest BCUT2D eigenvalue weighted by molar-refractivity contribution is 0.0782. The molecule has 2 aromatic carbocycles.